The van der Waals surface area contributed by atoms with Crippen LogP contribution >= 0.6 is 11.3 Å². The molecule has 8 rings (SSSR count). The van der Waals surface area contributed by atoms with Crippen LogP contribution in [0.3, 0.4) is 0 Å². The second kappa shape index (κ2) is 8.33. The minimum atomic E-state index is 0.615. The first-order valence-electron chi connectivity index (χ1n) is 12.6. The molecule has 3 heterocycles. The van der Waals surface area contributed by atoms with Crippen LogP contribution in [0.15, 0.2) is 121 Å². The molecule has 0 N–H and O–H groups in total. The predicted molar refractivity (Wildman–Crippen MR) is 158 cm³/mol. The van der Waals surface area contributed by atoms with Crippen molar-refractivity contribution in [3.05, 3.63) is 121 Å². The van der Waals surface area contributed by atoms with E-state index < -0.39 is 0 Å². The number of nitrogens with zero attached hydrogens (tertiary/aromatic N) is 4. The van der Waals surface area contributed by atoms with Gasteiger partial charge in [0, 0.05) is 42.1 Å². The van der Waals surface area contributed by atoms with Gasteiger partial charge >= 0.3 is 0 Å². The first kappa shape index (κ1) is 21.2. The molecule has 0 atom stereocenters. The van der Waals surface area contributed by atoms with Gasteiger partial charge < -0.3 is 0 Å². The van der Waals surface area contributed by atoms with Crippen LogP contribution in [0, 0.1) is 0 Å². The van der Waals surface area contributed by atoms with E-state index in [1.54, 1.807) is 11.3 Å². The van der Waals surface area contributed by atoms with Gasteiger partial charge in [-0.1, -0.05) is 97.1 Å². The zero-order chi connectivity index (χ0) is 25.1. The first-order valence-corrected chi connectivity index (χ1v) is 13.4. The number of benzene rings is 5. The van der Waals surface area contributed by atoms with Gasteiger partial charge in [-0.15, -0.1) is 11.3 Å². The van der Waals surface area contributed by atoms with Crippen LogP contribution in [-0.4, -0.2) is 19.5 Å². The lowest BCUT2D eigenvalue weighted by Crippen LogP contribution is -2.06. The minimum absolute atomic E-state index is 0.615. The van der Waals surface area contributed by atoms with Gasteiger partial charge in [-0.05, 0) is 24.3 Å². The highest BCUT2D eigenvalue weighted by Gasteiger charge is 2.19. The van der Waals surface area contributed by atoms with E-state index in [0.29, 0.717) is 17.6 Å². The molecule has 38 heavy (non-hydrogen) atoms. The number of para-hydroxylation sites is 2. The zero-order valence-electron chi connectivity index (χ0n) is 20.2. The van der Waals surface area contributed by atoms with Crippen molar-refractivity contribution in [2.75, 3.05) is 0 Å². The Balaban J connectivity index is 1.47. The number of hydrogen-bond acceptors (Lipinski definition) is 4. The van der Waals surface area contributed by atoms with Crippen LogP contribution in [0.4, 0.5) is 0 Å². The standard InChI is InChI=1S/C33H20N4S/c1-2-11-21(12-3-1)31-34-32(26-17-10-16-25-24-15-6-9-20-29(24)38-30(25)26)36-33(35-31)37-27-18-7-4-13-22(27)23-14-5-8-19-28(23)37/h1-20H. The van der Waals surface area contributed by atoms with E-state index in [4.69, 9.17) is 15.0 Å². The second-order valence-corrected chi connectivity index (χ2v) is 10.4. The van der Waals surface area contributed by atoms with Gasteiger partial charge in [0.15, 0.2) is 11.6 Å². The summed E-state index contributed by atoms with van der Waals surface area (Å²) in [6.07, 6.45) is 0. The Morgan fingerprint density at radius 2 is 1.08 bits per heavy atom. The van der Waals surface area contributed by atoms with Crippen LogP contribution in [0.1, 0.15) is 0 Å². The summed E-state index contributed by atoms with van der Waals surface area (Å²) in [5, 5.41) is 4.84. The molecule has 0 aliphatic heterocycles. The molecule has 0 fully saturated rings. The van der Waals surface area contributed by atoms with Gasteiger partial charge in [-0.3, -0.25) is 4.57 Å². The van der Waals surface area contributed by atoms with E-state index in [-0.39, 0.29) is 0 Å². The Hall–Kier alpha value is -4.87. The summed E-state index contributed by atoms with van der Waals surface area (Å²) in [6.45, 7) is 0. The van der Waals surface area contributed by atoms with Crippen molar-refractivity contribution in [3.8, 4) is 28.7 Å². The molecule has 4 nitrogen and oxygen atoms in total. The maximum Gasteiger partial charge on any atom is 0.238 e. The highest BCUT2D eigenvalue weighted by molar-refractivity contribution is 7.26. The summed E-state index contributed by atoms with van der Waals surface area (Å²) in [5.74, 6) is 1.95. The highest BCUT2D eigenvalue weighted by atomic mass is 32.1. The second-order valence-electron chi connectivity index (χ2n) is 9.30. The lowest BCUT2D eigenvalue weighted by molar-refractivity contribution is 0.954. The smallest absolute Gasteiger partial charge is 0.238 e. The Morgan fingerprint density at radius 3 is 1.84 bits per heavy atom. The van der Waals surface area contributed by atoms with Crippen molar-refractivity contribution in [2.45, 2.75) is 0 Å². The number of hydrogen-bond donors (Lipinski definition) is 0. The van der Waals surface area contributed by atoms with Crippen molar-refractivity contribution in [2.24, 2.45) is 0 Å². The van der Waals surface area contributed by atoms with Gasteiger partial charge in [0.1, 0.15) is 0 Å². The molecule has 0 spiro atoms. The van der Waals surface area contributed by atoms with Crippen molar-refractivity contribution >= 4 is 53.3 Å². The maximum atomic E-state index is 5.14. The molecule has 0 saturated heterocycles. The fraction of sp³-hybridized carbons (Fsp3) is 0. The summed E-state index contributed by atoms with van der Waals surface area (Å²) in [7, 11) is 0. The number of rotatable bonds is 3. The monoisotopic (exact) mass is 504 g/mol. The fourth-order valence-corrected chi connectivity index (χ4v) is 6.57. The normalized spacial score (nSPS) is 11.7. The van der Waals surface area contributed by atoms with E-state index in [1.165, 1.54) is 30.9 Å². The molecule has 0 amide bonds. The van der Waals surface area contributed by atoms with E-state index in [1.807, 2.05) is 18.2 Å². The van der Waals surface area contributed by atoms with Gasteiger partial charge in [0.2, 0.25) is 5.95 Å². The minimum Gasteiger partial charge on any atom is -0.278 e. The van der Waals surface area contributed by atoms with Gasteiger partial charge in [0.25, 0.3) is 0 Å². The SMILES string of the molecule is c1ccc(-c2nc(-c3cccc4c3sc3ccccc34)nc(-n3c4ccccc4c4ccccc43)n2)cc1. The quantitative estimate of drug-likeness (QED) is 0.242. The van der Waals surface area contributed by atoms with Crippen LogP contribution in [0.2, 0.25) is 0 Å². The number of aromatic nitrogens is 4. The zero-order valence-corrected chi connectivity index (χ0v) is 21.1. The summed E-state index contributed by atoms with van der Waals surface area (Å²) in [5.41, 5.74) is 4.13. The molecule has 0 radical (unpaired) electrons. The van der Waals surface area contributed by atoms with E-state index in [9.17, 15) is 0 Å². The van der Waals surface area contributed by atoms with Gasteiger partial charge in [-0.2, -0.15) is 9.97 Å². The van der Waals surface area contributed by atoms with Crippen LogP contribution in [0.5, 0.6) is 0 Å². The lowest BCUT2D eigenvalue weighted by atomic mass is 10.1. The maximum absolute atomic E-state index is 5.14. The van der Waals surface area contributed by atoms with Crippen molar-refractivity contribution in [1.82, 2.24) is 19.5 Å². The molecule has 0 saturated carbocycles. The van der Waals surface area contributed by atoms with Crippen LogP contribution in [-0.2, 0) is 0 Å². The van der Waals surface area contributed by atoms with Crippen LogP contribution in [0.25, 0.3) is 70.7 Å². The largest absolute Gasteiger partial charge is 0.278 e. The highest BCUT2D eigenvalue weighted by Crippen LogP contribution is 2.39. The molecule has 0 aliphatic rings. The Labute approximate surface area is 222 Å². The summed E-state index contributed by atoms with van der Waals surface area (Å²) >= 11 is 1.79. The van der Waals surface area contributed by atoms with E-state index in [0.717, 1.165) is 22.2 Å². The number of thiophene rings is 1. The molecule has 3 aromatic heterocycles. The summed E-state index contributed by atoms with van der Waals surface area (Å²) in [6, 6.07) is 42.0. The third-order valence-electron chi connectivity index (χ3n) is 7.08. The van der Waals surface area contributed by atoms with E-state index >= 15 is 0 Å². The number of fused-ring (bicyclic) bond motifs is 6. The molecule has 8 aromatic rings. The Morgan fingerprint density at radius 1 is 0.474 bits per heavy atom. The lowest BCUT2D eigenvalue weighted by Gasteiger charge is -2.11. The summed E-state index contributed by atoms with van der Waals surface area (Å²) < 4.78 is 4.61. The topological polar surface area (TPSA) is 43.6 Å². The molecule has 5 aromatic carbocycles. The molecule has 0 aliphatic carbocycles. The molecule has 5 heteroatoms. The first-order chi connectivity index (χ1) is 18.8. The van der Waals surface area contributed by atoms with Crippen LogP contribution < -0.4 is 0 Å². The average molecular weight is 505 g/mol. The Bertz CT molecular complexity index is 2090. The third-order valence-corrected chi connectivity index (χ3v) is 8.30. The molecule has 0 unspecified atom stereocenters. The molecular weight excluding hydrogens is 484 g/mol. The van der Waals surface area contributed by atoms with Gasteiger partial charge in [-0.25, -0.2) is 4.98 Å². The predicted octanol–water partition coefficient (Wildman–Crippen LogP) is 8.67. The molecular formula is C33H20N4S. The third kappa shape index (κ3) is 3.19. The van der Waals surface area contributed by atoms with Crippen molar-refractivity contribution in [1.29, 1.82) is 0 Å². The van der Waals surface area contributed by atoms with Crippen molar-refractivity contribution < 1.29 is 0 Å². The summed E-state index contributed by atoms with van der Waals surface area (Å²) in [4.78, 5) is 15.2. The van der Waals surface area contributed by atoms with Crippen molar-refractivity contribution in [3.63, 3.8) is 0 Å². The Kier molecular flexibility index (Phi) is 4.66. The molecule has 0 bridgehead atoms. The van der Waals surface area contributed by atoms with E-state index in [2.05, 4.69) is 108 Å². The molecule has 178 valence electrons. The van der Waals surface area contributed by atoms with Gasteiger partial charge in [0.05, 0.1) is 11.0 Å². The fourth-order valence-electron chi connectivity index (χ4n) is 5.36. The average Bonchev–Trinajstić information content (AvgIpc) is 3.53.